The standard InChI is InChI=1S/C13H10N4O2/c18-12-11(16-13(19)17-12)9-3-1-8(2-4-9)10-7-14-5-6-15-10/h1-7,11H,(H2,16,17,18,19)/t11-/m0/s1. The number of rotatable bonds is 2. The van der Waals surface area contributed by atoms with Gasteiger partial charge >= 0.3 is 6.03 Å². The third-order valence-electron chi connectivity index (χ3n) is 2.88. The van der Waals surface area contributed by atoms with Crippen LogP contribution in [0.15, 0.2) is 42.9 Å². The maximum atomic E-state index is 11.5. The fourth-order valence-corrected chi connectivity index (χ4v) is 1.95. The minimum Gasteiger partial charge on any atom is -0.322 e. The van der Waals surface area contributed by atoms with Crippen molar-refractivity contribution in [3.05, 3.63) is 48.4 Å². The highest BCUT2D eigenvalue weighted by molar-refractivity contribution is 6.04. The van der Waals surface area contributed by atoms with Gasteiger partial charge < -0.3 is 5.32 Å². The Labute approximate surface area is 108 Å². The molecule has 0 saturated carbocycles. The molecule has 1 aromatic carbocycles. The Hall–Kier alpha value is -2.76. The van der Waals surface area contributed by atoms with Crippen molar-refractivity contribution in [3.63, 3.8) is 0 Å². The first-order valence-electron chi connectivity index (χ1n) is 5.72. The molecule has 19 heavy (non-hydrogen) atoms. The molecule has 0 unspecified atom stereocenters. The second kappa shape index (κ2) is 4.49. The third-order valence-corrected chi connectivity index (χ3v) is 2.88. The van der Waals surface area contributed by atoms with Crippen LogP contribution in [0.3, 0.4) is 0 Å². The summed E-state index contributed by atoms with van der Waals surface area (Å²) >= 11 is 0. The minimum absolute atomic E-state index is 0.336. The number of benzene rings is 1. The zero-order valence-electron chi connectivity index (χ0n) is 9.83. The quantitative estimate of drug-likeness (QED) is 0.784. The van der Waals surface area contributed by atoms with Crippen molar-refractivity contribution in [1.82, 2.24) is 20.6 Å². The van der Waals surface area contributed by atoms with Gasteiger partial charge in [0.05, 0.1) is 11.9 Å². The van der Waals surface area contributed by atoms with E-state index in [2.05, 4.69) is 20.6 Å². The summed E-state index contributed by atoms with van der Waals surface area (Å²) in [6, 6.07) is 6.19. The van der Waals surface area contributed by atoms with E-state index in [4.69, 9.17) is 0 Å². The van der Waals surface area contributed by atoms with Crippen LogP contribution in [0.2, 0.25) is 0 Å². The number of nitrogens with zero attached hydrogens (tertiary/aromatic N) is 2. The van der Waals surface area contributed by atoms with Crippen LogP contribution in [0.5, 0.6) is 0 Å². The van der Waals surface area contributed by atoms with Gasteiger partial charge in [0.15, 0.2) is 0 Å². The molecule has 3 amide bonds. The molecule has 6 nitrogen and oxygen atoms in total. The van der Waals surface area contributed by atoms with Gasteiger partial charge in [0.2, 0.25) is 0 Å². The molecule has 1 aromatic heterocycles. The van der Waals surface area contributed by atoms with Gasteiger partial charge in [0.25, 0.3) is 5.91 Å². The van der Waals surface area contributed by atoms with E-state index in [1.807, 2.05) is 12.1 Å². The highest BCUT2D eigenvalue weighted by atomic mass is 16.2. The number of nitrogens with one attached hydrogen (secondary N) is 2. The molecular formula is C13H10N4O2. The molecular weight excluding hydrogens is 244 g/mol. The zero-order valence-corrected chi connectivity index (χ0v) is 9.83. The smallest absolute Gasteiger partial charge is 0.322 e. The first-order chi connectivity index (χ1) is 9.24. The molecule has 0 aliphatic carbocycles. The van der Waals surface area contributed by atoms with Crippen LogP contribution in [-0.2, 0) is 4.79 Å². The van der Waals surface area contributed by atoms with Gasteiger partial charge in [-0.05, 0) is 5.56 Å². The summed E-state index contributed by atoms with van der Waals surface area (Å²) in [7, 11) is 0. The van der Waals surface area contributed by atoms with Crippen molar-refractivity contribution in [2.45, 2.75) is 6.04 Å². The van der Waals surface area contributed by atoms with Crippen molar-refractivity contribution in [3.8, 4) is 11.3 Å². The van der Waals surface area contributed by atoms with Gasteiger partial charge in [-0.15, -0.1) is 0 Å². The average Bonchev–Trinajstić information content (AvgIpc) is 2.79. The molecule has 2 N–H and O–H groups in total. The van der Waals surface area contributed by atoms with Crippen LogP contribution in [0.25, 0.3) is 11.3 Å². The summed E-state index contributed by atoms with van der Waals surface area (Å²) in [4.78, 5) is 30.8. The lowest BCUT2D eigenvalue weighted by Crippen LogP contribution is -2.22. The fourth-order valence-electron chi connectivity index (χ4n) is 1.95. The first-order valence-corrected chi connectivity index (χ1v) is 5.72. The Morgan fingerprint density at radius 1 is 1.05 bits per heavy atom. The van der Waals surface area contributed by atoms with Crippen LogP contribution < -0.4 is 10.6 Å². The summed E-state index contributed by atoms with van der Waals surface area (Å²) in [6.45, 7) is 0. The van der Waals surface area contributed by atoms with E-state index in [1.165, 1.54) is 0 Å². The van der Waals surface area contributed by atoms with Crippen LogP contribution in [0, 0.1) is 0 Å². The number of carbonyl (C=O) groups excluding carboxylic acids is 2. The van der Waals surface area contributed by atoms with E-state index in [0.717, 1.165) is 16.8 Å². The normalized spacial score (nSPS) is 18.0. The molecule has 3 rings (SSSR count). The molecule has 0 radical (unpaired) electrons. The van der Waals surface area contributed by atoms with Crippen LogP contribution >= 0.6 is 0 Å². The van der Waals surface area contributed by atoms with E-state index >= 15 is 0 Å². The summed E-state index contributed by atoms with van der Waals surface area (Å²) in [5.41, 5.74) is 2.39. The Morgan fingerprint density at radius 2 is 1.84 bits per heavy atom. The number of urea groups is 1. The number of carbonyl (C=O) groups is 2. The Bertz CT molecular complexity index is 625. The molecule has 2 aromatic rings. The van der Waals surface area contributed by atoms with Crippen molar-refractivity contribution >= 4 is 11.9 Å². The molecule has 1 aliphatic rings. The average molecular weight is 254 g/mol. The van der Waals surface area contributed by atoms with Crippen molar-refractivity contribution in [1.29, 1.82) is 0 Å². The molecule has 1 saturated heterocycles. The van der Waals surface area contributed by atoms with Crippen molar-refractivity contribution in [2.24, 2.45) is 0 Å². The fraction of sp³-hybridized carbons (Fsp3) is 0.0769. The van der Waals surface area contributed by atoms with Crippen molar-refractivity contribution < 1.29 is 9.59 Å². The predicted molar refractivity (Wildman–Crippen MR) is 66.9 cm³/mol. The van der Waals surface area contributed by atoms with Gasteiger partial charge in [-0.25, -0.2) is 4.79 Å². The molecule has 0 spiro atoms. The number of aromatic nitrogens is 2. The second-order valence-electron chi connectivity index (χ2n) is 4.11. The summed E-state index contributed by atoms with van der Waals surface area (Å²) in [6.07, 6.45) is 4.89. The SMILES string of the molecule is O=C1NC(=O)[C@H](c2ccc(-c3cnccn3)cc2)N1. The molecule has 6 heteroatoms. The lowest BCUT2D eigenvalue weighted by Gasteiger charge is -2.08. The predicted octanol–water partition coefficient (Wildman–Crippen LogP) is 1.02. The van der Waals surface area contributed by atoms with E-state index in [9.17, 15) is 9.59 Å². The molecule has 1 fully saturated rings. The molecule has 2 heterocycles. The Morgan fingerprint density at radius 3 is 2.42 bits per heavy atom. The number of hydrogen-bond acceptors (Lipinski definition) is 4. The van der Waals surface area contributed by atoms with E-state index in [1.54, 1.807) is 30.7 Å². The highest BCUT2D eigenvalue weighted by Crippen LogP contribution is 2.21. The molecule has 1 aliphatic heterocycles. The highest BCUT2D eigenvalue weighted by Gasteiger charge is 2.30. The molecule has 0 bridgehead atoms. The van der Waals surface area contributed by atoms with Gasteiger partial charge in [0.1, 0.15) is 6.04 Å². The minimum atomic E-state index is -0.622. The van der Waals surface area contributed by atoms with Gasteiger partial charge in [-0.2, -0.15) is 0 Å². The van der Waals surface area contributed by atoms with E-state index in [-0.39, 0.29) is 5.91 Å². The molecule has 94 valence electrons. The summed E-state index contributed by atoms with van der Waals surface area (Å²) in [5.74, 6) is -0.336. The molecule has 1 atom stereocenters. The first kappa shape index (κ1) is 11.3. The summed E-state index contributed by atoms with van der Waals surface area (Å²) < 4.78 is 0. The number of hydrogen-bond donors (Lipinski definition) is 2. The second-order valence-corrected chi connectivity index (χ2v) is 4.11. The number of amides is 3. The maximum Gasteiger partial charge on any atom is 0.322 e. The Kier molecular flexibility index (Phi) is 2.68. The van der Waals surface area contributed by atoms with Crippen LogP contribution in [0.4, 0.5) is 4.79 Å². The lowest BCUT2D eigenvalue weighted by atomic mass is 10.0. The van der Waals surface area contributed by atoms with Gasteiger partial charge in [-0.3, -0.25) is 20.1 Å². The zero-order chi connectivity index (χ0) is 13.2. The topological polar surface area (TPSA) is 84.0 Å². The summed E-state index contributed by atoms with van der Waals surface area (Å²) in [5, 5.41) is 4.75. The van der Waals surface area contributed by atoms with E-state index < -0.39 is 12.1 Å². The monoisotopic (exact) mass is 254 g/mol. The van der Waals surface area contributed by atoms with E-state index in [0.29, 0.717) is 0 Å². The van der Waals surface area contributed by atoms with Crippen molar-refractivity contribution in [2.75, 3.05) is 0 Å². The largest absolute Gasteiger partial charge is 0.322 e. The van der Waals surface area contributed by atoms with Gasteiger partial charge in [0, 0.05) is 18.0 Å². The van der Waals surface area contributed by atoms with Gasteiger partial charge in [-0.1, -0.05) is 24.3 Å². The Balaban J connectivity index is 1.87. The lowest BCUT2D eigenvalue weighted by molar-refractivity contribution is -0.120. The number of imide groups is 1. The third kappa shape index (κ3) is 2.15. The van der Waals surface area contributed by atoms with Crippen LogP contribution in [0.1, 0.15) is 11.6 Å². The van der Waals surface area contributed by atoms with Crippen LogP contribution in [-0.4, -0.2) is 21.9 Å². The maximum absolute atomic E-state index is 11.5.